The molecule has 1 aromatic rings. The molecule has 1 heterocycles. The summed E-state index contributed by atoms with van der Waals surface area (Å²) in [4.78, 5) is 0. The maximum atomic E-state index is 10.0. The molecule has 20 heavy (non-hydrogen) atoms. The van der Waals surface area contributed by atoms with Crippen molar-refractivity contribution in [3.05, 3.63) is 35.9 Å². The van der Waals surface area contributed by atoms with Crippen molar-refractivity contribution in [2.24, 2.45) is 0 Å². The molecule has 1 saturated heterocycles. The van der Waals surface area contributed by atoms with Crippen LogP contribution in [0.2, 0.25) is 0 Å². The topological polar surface area (TPSA) is 88.4 Å². The molecule has 0 saturated carbocycles. The first-order valence-electron chi connectivity index (χ1n) is 6.47. The number of rotatable bonds is 5. The number of methoxy groups -OCH3 is 1. The Morgan fingerprint density at radius 1 is 1.10 bits per heavy atom. The molecule has 0 radical (unpaired) electrons. The van der Waals surface area contributed by atoms with Crippen molar-refractivity contribution in [1.29, 1.82) is 0 Å². The predicted molar refractivity (Wildman–Crippen MR) is 69.8 cm³/mol. The van der Waals surface area contributed by atoms with Gasteiger partial charge in [-0.15, -0.1) is 0 Å². The molecule has 6 heteroatoms. The summed E-state index contributed by atoms with van der Waals surface area (Å²) >= 11 is 0. The number of benzene rings is 1. The van der Waals surface area contributed by atoms with Gasteiger partial charge in [-0.2, -0.15) is 0 Å². The summed E-state index contributed by atoms with van der Waals surface area (Å²) in [5.74, 6) is 0. The minimum Gasteiger partial charge on any atom is -0.387 e. The van der Waals surface area contributed by atoms with Crippen molar-refractivity contribution in [2.45, 2.75) is 37.3 Å². The summed E-state index contributed by atoms with van der Waals surface area (Å²) < 4.78 is 15.5. The summed E-state index contributed by atoms with van der Waals surface area (Å²) in [7, 11) is 1.45. The molecule has 3 N–H and O–H groups in total. The van der Waals surface area contributed by atoms with E-state index in [0.29, 0.717) is 0 Å². The van der Waals surface area contributed by atoms with E-state index in [1.54, 1.807) is 0 Å². The lowest BCUT2D eigenvalue weighted by Gasteiger charge is -2.40. The summed E-state index contributed by atoms with van der Waals surface area (Å²) in [6.07, 6.45) is -5.49. The second-order valence-corrected chi connectivity index (χ2v) is 4.76. The van der Waals surface area contributed by atoms with E-state index in [1.165, 1.54) is 7.11 Å². The van der Waals surface area contributed by atoms with Gasteiger partial charge in [0, 0.05) is 7.11 Å². The van der Waals surface area contributed by atoms with Gasteiger partial charge in [0.15, 0.2) is 6.29 Å². The van der Waals surface area contributed by atoms with Gasteiger partial charge in [0.25, 0.3) is 0 Å². The summed E-state index contributed by atoms with van der Waals surface area (Å²) in [5.41, 5.74) is 0.903. The zero-order valence-corrected chi connectivity index (χ0v) is 11.3. The van der Waals surface area contributed by atoms with E-state index in [2.05, 4.69) is 0 Å². The van der Waals surface area contributed by atoms with Crippen molar-refractivity contribution in [3.63, 3.8) is 0 Å². The first kappa shape index (κ1) is 15.4. The molecular formula is C14H20O6. The van der Waals surface area contributed by atoms with Crippen molar-refractivity contribution in [3.8, 4) is 0 Å². The van der Waals surface area contributed by atoms with Crippen LogP contribution in [0.3, 0.4) is 0 Å². The molecule has 0 spiro atoms. The van der Waals surface area contributed by atoms with Gasteiger partial charge in [0.05, 0.1) is 13.2 Å². The van der Waals surface area contributed by atoms with Gasteiger partial charge in [0.1, 0.15) is 24.4 Å². The van der Waals surface area contributed by atoms with Crippen molar-refractivity contribution in [1.82, 2.24) is 0 Å². The molecule has 1 fully saturated rings. The molecule has 1 aliphatic heterocycles. The molecule has 112 valence electrons. The average Bonchev–Trinajstić information content (AvgIpc) is 2.46. The molecule has 2 rings (SSSR count). The van der Waals surface area contributed by atoms with E-state index in [0.717, 1.165) is 5.56 Å². The minimum atomic E-state index is -1.31. The van der Waals surface area contributed by atoms with Crippen LogP contribution >= 0.6 is 0 Å². The number of aliphatic hydroxyl groups is 3. The van der Waals surface area contributed by atoms with Gasteiger partial charge >= 0.3 is 0 Å². The molecule has 0 amide bonds. The van der Waals surface area contributed by atoms with Crippen LogP contribution in [0.15, 0.2) is 30.3 Å². The van der Waals surface area contributed by atoms with Gasteiger partial charge < -0.3 is 29.5 Å². The maximum absolute atomic E-state index is 10.0. The fourth-order valence-electron chi connectivity index (χ4n) is 2.17. The first-order chi connectivity index (χ1) is 9.63. The van der Waals surface area contributed by atoms with Crippen LogP contribution in [0, 0.1) is 0 Å². The van der Waals surface area contributed by atoms with E-state index >= 15 is 0 Å². The molecule has 1 aromatic carbocycles. The highest BCUT2D eigenvalue weighted by Gasteiger charge is 2.44. The second-order valence-electron chi connectivity index (χ2n) is 4.76. The van der Waals surface area contributed by atoms with E-state index in [1.807, 2.05) is 30.3 Å². The third-order valence-electron chi connectivity index (χ3n) is 3.28. The number of hydrogen-bond acceptors (Lipinski definition) is 6. The van der Waals surface area contributed by atoms with Crippen LogP contribution in [-0.4, -0.2) is 59.7 Å². The average molecular weight is 284 g/mol. The van der Waals surface area contributed by atoms with Gasteiger partial charge in [-0.3, -0.25) is 0 Å². The third-order valence-corrected chi connectivity index (χ3v) is 3.28. The number of ether oxygens (including phenoxy) is 3. The van der Waals surface area contributed by atoms with Gasteiger partial charge in [0.2, 0.25) is 0 Å². The van der Waals surface area contributed by atoms with Crippen molar-refractivity contribution < 1.29 is 29.5 Å². The zero-order chi connectivity index (χ0) is 14.5. The Labute approximate surface area is 117 Å². The lowest BCUT2D eigenvalue weighted by atomic mass is 9.99. The highest BCUT2D eigenvalue weighted by Crippen LogP contribution is 2.23. The Morgan fingerprint density at radius 2 is 1.80 bits per heavy atom. The molecule has 0 aliphatic carbocycles. The normalized spacial score (nSPS) is 34.1. The van der Waals surface area contributed by atoms with E-state index in [9.17, 15) is 15.3 Å². The molecule has 0 aromatic heterocycles. The molecule has 6 nitrogen and oxygen atoms in total. The minimum absolute atomic E-state index is 0.0840. The third kappa shape index (κ3) is 3.54. The maximum Gasteiger partial charge on any atom is 0.184 e. The van der Waals surface area contributed by atoms with Gasteiger partial charge in [-0.1, -0.05) is 30.3 Å². The summed E-state index contributed by atoms with van der Waals surface area (Å²) in [6.45, 7) is 0.297. The molecule has 0 bridgehead atoms. The molecule has 5 atom stereocenters. The van der Waals surface area contributed by atoms with Crippen LogP contribution in [0.5, 0.6) is 0 Å². The van der Waals surface area contributed by atoms with Crippen molar-refractivity contribution in [2.75, 3.05) is 13.7 Å². The Balaban J connectivity index is 1.94. The fourth-order valence-corrected chi connectivity index (χ4v) is 2.17. The van der Waals surface area contributed by atoms with Crippen molar-refractivity contribution >= 4 is 0 Å². The van der Waals surface area contributed by atoms with E-state index < -0.39 is 30.7 Å². The largest absolute Gasteiger partial charge is 0.387 e. The smallest absolute Gasteiger partial charge is 0.184 e. The zero-order valence-electron chi connectivity index (χ0n) is 11.3. The van der Waals surface area contributed by atoms with Gasteiger partial charge in [-0.05, 0) is 5.56 Å². The Bertz CT molecular complexity index is 398. The predicted octanol–water partition coefficient (Wildman–Crippen LogP) is -0.343. The van der Waals surface area contributed by atoms with Crippen LogP contribution in [0.25, 0.3) is 0 Å². The second kappa shape index (κ2) is 7.12. The number of aliphatic hydroxyl groups excluding tert-OH is 3. The van der Waals surface area contributed by atoms with Gasteiger partial charge in [-0.25, -0.2) is 0 Å². The monoisotopic (exact) mass is 284 g/mol. The van der Waals surface area contributed by atoms with Crippen LogP contribution in [-0.2, 0) is 20.8 Å². The number of hydrogen-bond donors (Lipinski definition) is 3. The highest BCUT2D eigenvalue weighted by atomic mass is 16.7. The molecular weight excluding hydrogens is 264 g/mol. The first-order valence-corrected chi connectivity index (χ1v) is 6.47. The lowest BCUT2D eigenvalue weighted by Crippen LogP contribution is -2.59. The fraction of sp³-hybridized carbons (Fsp3) is 0.571. The molecule has 0 unspecified atom stereocenters. The van der Waals surface area contributed by atoms with Crippen LogP contribution < -0.4 is 0 Å². The SMILES string of the molecule is COC[C@H]1O[C@H](O)[C@H](OCc2ccccc2)[C@@H](O)[C@H]1O. The van der Waals surface area contributed by atoms with E-state index in [-0.39, 0.29) is 13.2 Å². The lowest BCUT2D eigenvalue weighted by molar-refractivity contribution is -0.299. The van der Waals surface area contributed by atoms with Crippen LogP contribution in [0.4, 0.5) is 0 Å². The quantitative estimate of drug-likeness (QED) is 0.685. The Morgan fingerprint density at radius 3 is 2.45 bits per heavy atom. The Kier molecular flexibility index (Phi) is 5.47. The Hall–Kier alpha value is -1.02. The van der Waals surface area contributed by atoms with Crippen LogP contribution in [0.1, 0.15) is 5.56 Å². The van der Waals surface area contributed by atoms with E-state index in [4.69, 9.17) is 14.2 Å². The highest BCUT2D eigenvalue weighted by molar-refractivity contribution is 5.13. The standard InChI is InChI=1S/C14H20O6/c1-18-8-10-11(15)12(16)13(14(17)20-10)19-7-9-5-3-2-4-6-9/h2-6,10-17H,7-8H2,1H3/t10-,11+,12+,13-,14+/m1/s1. The molecule has 1 aliphatic rings. The summed E-state index contributed by atoms with van der Waals surface area (Å²) in [6, 6.07) is 9.36. The summed E-state index contributed by atoms with van der Waals surface area (Å²) in [5, 5.41) is 29.8.